The van der Waals surface area contributed by atoms with Gasteiger partial charge in [-0.05, 0) is 54.5 Å². The largest absolute Gasteiger partial charge is 0.475 e. The Balaban J connectivity index is 1.99. The third-order valence-corrected chi connectivity index (χ3v) is 5.57. The molecular weight excluding hydrogens is 224 g/mol. The van der Waals surface area contributed by atoms with E-state index >= 15 is 0 Å². The minimum atomic E-state index is 0.381. The zero-order valence-electron chi connectivity index (χ0n) is 9.95. The summed E-state index contributed by atoms with van der Waals surface area (Å²) >= 11 is 6.69. The average molecular weight is 244 g/mol. The fourth-order valence-corrected chi connectivity index (χ4v) is 3.68. The van der Waals surface area contributed by atoms with E-state index in [-0.39, 0.29) is 0 Å². The second-order valence-electron chi connectivity index (χ2n) is 5.37. The van der Waals surface area contributed by atoms with Crippen molar-refractivity contribution in [2.24, 2.45) is 23.2 Å². The van der Waals surface area contributed by atoms with Gasteiger partial charge in [-0.3, -0.25) is 0 Å². The molecule has 0 aromatic carbocycles. The minimum absolute atomic E-state index is 0.381. The fraction of sp³-hybridized carbons (Fsp3) is 0.917. The number of fused-ring (bicyclic) bond motifs is 1. The van der Waals surface area contributed by atoms with Crippen LogP contribution in [0.3, 0.4) is 0 Å². The van der Waals surface area contributed by atoms with Crippen molar-refractivity contribution in [1.29, 1.82) is 0 Å². The second-order valence-corrected chi connectivity index (χ2v) is 6.78. The molecule has 0 radical (unpaired) electrons. The molecule has 0 unspecified atom stereocenters. The molecule has 2 rings (SSSR count). The third kappa shape index (κ3) is 1.82. The number of thioether (sulfide) groups is 1. The summed E-state index contributed by atoms with van der Waals surface area (Å²) in [6, 6.07) is 0. The molecule has 0 bridgehead atoms. The van der Waals surface area contributed by atoms with Crippen molar-refractivity contribution >= 4 is 28.4 Å². The molecule has 2 saturated carbocycles. The Kier molecular flexibility index (Phi) is 3.06. The smallest absolute Gasteiger partial charge is 0.219 e. The Hall–Kier alpha value is 0.240. The summed E-state index contributed by atoms with van der Waals surface area (Å²) in [5, 5.41) is 0. The molecule has 0 spiro atoms. The zero-order valence-corrected chi connectivity index (χ0v) is 11.6. The highest BCUT2D eigenvalue weighted by Gasteiger charge is 2.65. The average Bonchev–Trinajstić information content (AvgIpc) is 2.85. The SMILES string of the molecule is CSC(=S)O[C@@H]1C[C@@]2(C(C)C)C[C@H]2[C@@H]1C. The molecule has 0 saturated heterocycles. The van der Waals surface area contributed by atoms with Crippen LogP contribution < -0.4 is 0 Å². The molecule has 2 aliphatic rings. The molecule has 0 aromatic heterocycles. The monoisotopic (exact) mass is 244 g/mol. The quantitative estimate of drug-likeness (QED) is 0.685. The van der Waals surface area contributed by atoms with E-state index in [0.29, 0.717) is 21.8 Å². The normalized spacial score (nSPS) is 42.9. The first kappa shape index (κ1) is 11.7. The van der Waals surface area contributed by atoms with Gasteiger partial charge in [-0.15, -0.1) is 0 Å². The van der Waals surface area contributed by atoms with Crippen LogP contribution in [-0.2, 0) is 4.74 Å². The first-order chi connectivity index (χ1) is 7.01. The van der Waals surface area contributed by atoms with E-state index in [1.54, 1.807) is 11.8 Å². The van der Waals surface area contributed by atoms with Crippen LogP contribution >= 0.6 is 24.0 Å². The molecule has 2 fully saturated rings. The van der Waals surface area contributed by atoms with E-state index in [4.69, 9.17) is 17.0 Å². The van der Waals surface area contributed by atoms with Crippen molar-refractivity contribution in [3.8, 4) is 0 Å². The van der Waals surface area contributed by atoms with E-state index in [1.165, 1.54) is 12.8 Å². The summed E-state index contributed by atoms with van der Waals surface area (Å²) in [5.41, 5.74) is 0.595. The van der Waals surface area contributed by atoms with Crippen LogP contribution in [0.5, 0.6) is 0 Å². The van der Waals surface area contributed by atoms with Gasteiger partial charge in [0.15, 0.2) is 0 Å². The lowest BCUT2D eigenvalue weighted by atomic mass is 9.89. The van der Waals surface area contributed by atoms with Crippen molar-refractivity contribution in [2.45, 2.75) is 39.7 Å². The van der Waals surface area contributed by atoms with Crippen LogP contribution in [0.2, 0.25) is 0 Å². The summed E-state index contributed by atoms with van der Waals surface area (Å²) in [5.74, 6) is 2.38. The molecule has 3 heteroatoms. The topological polar surface area (TPSA) is 9.23 Å². The Morgan fingerprint density at radius 3 is 2.60 bits per heavy atom. The van der Waals surface area contributed by atoms with Crippen LogP contribution in [0.25, 0.3) is 0 Å². The van der Waals surface area contributed by atoms with Gasteiger partial charge >= 0.3 is 0 Å². The lowest BCUT2D eigenvalue weighted by Gasteiger charge is -2.22. The van der Waals surface area contributed by atoms with Gasteiger partial charge in [-0.25, -0.2) is 0 Å². The summed E-state index contributed by atoms with van der Waals surface area (Å²) in [6.45, 7) is 7.03. The highest BCUT2D eigenvalue weighted by Crippen LogP contribution is 2.70. The van der Waals surface area contributed by atoms with Crippen molar-refractivity contribution in [3.63, 3.8) is 0 Å². The second kappa shape index (κ2) is 3.92. The maximum atomic E-state index is 5.84. The Labute approximate surface area is 102 Å². The van der Waals surface area contributed by atoms with Gasteiger partial charge in [-0.1, -0.05) is 32.5 Å². The molecule has 15 heavy (non-hydrogen) atoms. The molecule has 1 nitrogen and oxygen atoms in total. The summed E-state index contributed by atoms with van der Waals surface area (Å²) in [7, 11) is 0. The van der Waals surface area contributed by atoms with E-state index in [9.17, 15) is 0 Å². The Morgan fingerprint density at radius 1 is 1.47 bits per heavy atom. The standard InChI is InChI=1S/C12H20OS2/c1-7(2)12-5-9(12)8(3)10(6-12)13-11(14)15-4/h7-10H,5-6H2,1-4H3/t8-,9-,10+,12+/m0/s1. The minimum Gasteiger partial charge on any atom is -0.475 e. The lowest BCUT2D eigenvalue weighted by molar-refractivity contribution is 0.135. The molecular formula is C12H20OS2. The summed E-state index contributed by atoms with van der Waals surface area (Å²) < 4.78 is 6.56. The van der Waals surface area contributed by atoms with Gasteiger partial charge in [0, 0.05) is 0 Å². The van der Waals surface area contributed by atoms with Crippen molar-refractivity contribution < 1.29 is 4.74 Å². The van der Waals surface area contributed by atoms with Crippen molar-refractivity contribution in [2.75, 3.05) is 6.26 Å². The van der Waals surface area contributed by atoms with E-state index in [1.807, 2.05) is 6.26 Å². The maximum Gasteiger partial charge on any atom is 0.219 e. The number of hydrogen-bond acceptors (Lipinski definition) is 3. The number of hydrogen-bond donors (Lipinski definition) is 0. The highest BCUT2D eigenvalue weighted by atomic mass is 32.2. The van der Waals surface area contributed by atoms with Crippen molar-refractivity contribution in [1.82, 2.24) is 0 Å². The fourth-order valence-electron chi connectivity index (χ4n) is 3.33. The van der Waals surface area contributed by atoms with Gasteiger partial charge < -0.3 is 4.74 Å². The third-order valence-electron chi connectivity index (χ3n) is 4.54. The van der Waals surface area contributed by atoms with Crippen LogP contribution in [0.15, 0.2) is 0 Å². The van der Waals surface area contributed by atoms with Crippen LogP contribution in [-0.4, -0.2) is 16.7 Å². The maximum absolute atomic E-state index is 5.84. The van der Waals surface area contributed by atoms with Crippen LogP contribution in [0, 0.1) is 23.2 Å². The number of rotatable bonds is 2. The van der Waals surface area contributed by atoms with E-state index < -0.39 is 0 Å². The predicted octanol–water partition coefficient (Wildman–Crippen LogP) is 3.72. The molecule has 0 N–H and O–H groups in total. The van der Waals surface area contributed by atoms with Gasteiger partial charge in [-0.2, -0.15) is 0 Å². The van der Waals surface area contributed by atoms with Gasteiger partial charge in [0.25, 0.3) is 0 Å². The number of ether oxygens (including phenoxy) is 1. The van der Waals surface area contributed by atoms with Crippen LogP contribution in [0.4, 0.5) is 0 Å². The van der Waals surface area contributed by atoms with Gasteiger partial charge in [0.05, 0.1) is 0 Å². The highest BCUT2D eigenvalue weighted by molar-refractivity contribution is 8.22. The number of thiocarbonyl (C=S) groups is 1. The molecule has 0 aliphatic heterocycles. The Morgan fingerprint density at radius 2 is 2.13 bits per heavy atom. The van der Waals surface area contributed by atoms with Gasteiger partial charge in [0.1, 0.15) is 6.10 Å². The lowest BCUT2D eigenvalue weighted by Crippen LogP contribution is -2.22. The van der Waals surface area contributed by atoms with E-state index in [0.717, 1.165) is 11.8 Å². The Bertz CT molecular complexity index is 277. The molecule has 2 aliphatic carbocycles. The zero-order chi connectivity index (χ0) is 11.2. The molecule has 0 heterocycles. The molecule has 86 valence electrons. The molecule has 0 aromatic rings. The molecule has 0 amide bonds. The van der Waals surface area contributed by atoms with Gasteiger partial charge in [0.2, 0.25) is 4.38 Å². The first-order valence-corrected chi connectivity index (χ1v) is 7.39. The summed E-state index contributed by atoms with van der Waals surface area (Å²) in [4.78, 5) is 0. The predicted molar refractivity (Wildman–Crippen MR) is 70.1 cm³/mol. The van der Waals surface area contributed by atoms with E-state index in [2.05, 4.69) is 20.8 Å². The van der Waals surface area contributed by atoms with Crippen LogP contribution in [0.1, 0.15) is 33.6 Å². The molecule has 4 atom stereocenters. The summed E-state index contributed by atoms with van der Waals surface area (Å²) in [6.07, 6.45) is 5.00. The first-order valence-electron chi connectivity index (χ1n) is 5.76. The van der Waals surface area contributed by atoms with Crippen molar-refractivity contribution in [3.05, 3.63) is 0 Å².